The lowest BCUT2D eigenvalue weighted by Gasteiger charge is -2.20. The van der Waals surface area contributed by atoms with Crippen LogP contribution in [-0.2, 0) is 0 Å². The molecule has 8 heteroatoms. The molecular weight excluding hydrogens is 431 g/mol. The maximum atomic E-state index is 9.80. The van der Waals surface area contributed by atoms with Gasteiger partial charge in [0.2, 0.25) is 0 Å². The van der Waals surface area contributed by atoms with Gasteiger partial charge in [0.05, 0.1) is 12.0 Å². The summed E-state index contributed by atoms with van der Waals surface area (Å²) in [5, 5.41) is 14.2. The fraction of sp³-hybridized carbons (Fsp3) is 0.261. The molecule has 2 aromatic carbocycles. The summed E-state index contributed by atoms with van der Waals surface area (Å²) < 4.78 is 0. The molecule has 31 heavy (non-hydrogen) atoms. The quantitative estimate of drug-likeness (QED) is 0.517. The Labute approximate surface area is 191 Å². The first kappa shape index (κ1) is 21.2. The highest BCUT2D eigenvalue weighted by Crippen LogP contribution is 2.36. The average molecular weight is 453 g/mol. The molecule has 0 radical (unpaired) electrons. The number of anilines is 4. The van der Waals surface area contributed by atoms with Crippen LogP contribution in [0.5, 0.6) is 0 Å². The fourth-order valence-corrected chi connectivity index (χ4v) is 4.23. The summed E-state index contributed by atoms with van der Waals surface area (Å²) in [5.74, 6) is 0.796. The second-order valence-corrected chi connectivity index (χ2v) is 8.42. The first-order valence-corrected chi connectivity index (χ1v) is 10.8. The highest BCUT2D eigenvalue weighted by Gasteiger charge is 2.21. The number of halogens is 2. The van der Waals surface area contributed by atoms with Crippen LogP contribution in [0.25, 0.3) is 0 Å². The third-order valence-electron chi connectivity index (χ3n) is 5.51. The van der Waals surface area contributed by atoms with Gasteiger partial charge in [-0.2, -0.15) is 5.26 Å². The van der Waals surface area contributed by atoms with Gasteiger partial charge in [-0.05, 0) is 54.7 Å². The molecule has 2 heterocycles. The Morgan fingerprint density at radius 3 is 2.52 bits per heavy atom. The van der Waals surface area contributed by atoms with E-state index in [1.54, 1.807) is 12.1 Å². The zero-order valence-electron chi connectivity index (χ0n) is 17.1. The van der Waals surface area contributed by atoms with Crippen LogP contribution >= 0.6 is 23.2 Å². The van der Waals surface area contributed by atoms with Gasteiger partial charge < -0.3 is 16.0 Å². The third kappa shape index (κ3) is 4.39. The zero-order chi connectivity index (χ0) is 22.0. The standard InChI is InChI=1S/C23H22Cl2N6/c1-14-10-17(18(12-26)15-4-6-16(24)7-5-15)19(25)11-20(14)30-22-21(27)23(29-13-28-22)31-8-2-3-9-31/h4-7,10-11,13,18H,2-3,8-9,27H2,1H3,(H,28,29,30). The molecule has 1 saturated heterocycles. The van der Waals surface area contributed by atoms with Gasteiger partial charge in [-0.3, -0.25) is 0 Å². The molecule has 1 aromatic heterocycles. The summed E-state index contributed by atoms with van der Waals surface area (Å²) in [7, 11) is 0. The first-order chi connectivity index (χ1) is 15.0. The van der Waals surface area contributed by atoms with Gasteiger partial charge in [0.1, 0.15) is 12.0 Å². The van der Waals surface area contributed by atoms with E-state index in [1.165, 1.54) is 6.33 Å². The van der Waals surface area contributed by atoms with E-state index in [2.05, 4.69) is 26.3 Å². The second kappa shape index (κ2) is 9.01. The summed E-state index contributed by atoms with van der Waals surface area (Å²) in [5.41, 5.74) is 10.2. The number of rotatable bonds is 5. The van der Waals surface area contributed by atoms with Crippen LogP contribution in [0, 0.1) is 18.3 Å². The van der Waals surface area contributed by atoms with E-state index in [4.69, 9.17) is 28.9 Å². The Kier molecular flexibility index (Phi) is 6.17. The molecule has 6 nitrogen and oxygen atoms in total. The number of benzene rings is 2. The second-order valence-electron chi connectivity index (χ2n) is 7.58. The molecule has 1 atom stereocenters. The van der Waals surface area contributed by atoms with Gasteiger partial charge >= 0.3 is 0 Å². The Hall–Kier alpha value is -3.01. The number of nitrogen functional groups attached to an aromatic ring is 1. The van der Waals surface area contributed by atoms with Gasteiger partial charge in [0.25, 0.3) is 0 Å². The number of nitrogens with two attached hydrogens (primary N) is 1. The van der Waals surface area contributed by atoms with Crippen molar-refractivity contribution in [3.8, 4) is 6.07 Å². The minimum atomic E-state index is -0.497. The maximum Gasteiger partial charge on any atom is 0.159 e. The van der Waals surface area contributed by atoms with Crippen molar-refractivity contribution in [2.24, 2.45) is 0 Å². The predicted octanol–water partition coefficient (Wildman–Crippen LogP) is 5.67. The van der Waals surface area contributed by atoms with Crippen LogP contribution in [0.2, 0.25) is 10.0 Å². The number of aryl methyl sites for hydroxylation is 1. The number of aromatic nitrogens is 2. The van der Waals surface area contributed by atoms with E-state index in [0.717, 1.165) is 54.1 Å². The van der Waals surface area contributed by atoms with E-state index in [9.17, 15) is 5.26 Å². The lowest BCUT2D eigenvalue weighted by atomic mass is 9.91. The Balaban J connectivity index is 1.64. The van der Waals surface area contributed by atoms with Crippen LogP contribution in [0.15, 0.2) is 42.7 Å². The van der Waals surface area contributed by atoms with Crippen molar-refractivity contribution in [1.82, 2.24) is 9.97 Å². The average Bonchev–Trinajstić information content (AvgIpc) is 3.29. The molecule has 1 unspecified atom stereocenters. The van der Waals surface area contributed by atoms with Crippen LogP contribution in [-0.4, -0.2) is 23.1 Å². The summed E-state index contributed by atoms with van der Waals surface area (Å²) >= 11 is 12.6. The maximum absolute atomic E-state index is 9.80. The van der Waals surface area contributed by atoms with E-state index in [0.29, 0.717) is 21.6 Å². The summed E-state index contributed by atoms with van der Waals surface area (Å²) in [6.07, 6.45) is 3.79. The number of hydrogen-bond donors (Lipinski definition) is 2. The van der Waals surface area contributed by atoms with E-state index >= 15 is 0 Å². The molecule has 4 rings (SSSR count). The van der Waals surface area contributed by atoms with Gasteiger partial charge in [-0.15, -0.1) is 0 Å². The number of hydrogen-bond acceptors (Lipinski definition) is 6. The molecule has 3 aromatic rings. The molecule has 1 aliphatic rings. The summed E-state index contributed by atoms with van der Waals surface area (Å²) in [6.45, 7) is 3.85. The van der Waals surface area contributed by atoms with Crippen molar-refractivity contribution in [2.45, 2.75) is 25.7 Å². The van der Waals surface area contributed by atoms with Crippen LogP contribution in [0.1, 0.15) is 35.4 Å². The largest absolute Gasteiger partial charge is 0.393 e. The van der Waals surface area contributed by atoms with Crippen molar-refractivity contribution < 1.29 is 0 Å². The zero-order valence-corrected chi connectivity index (χ0v) is 18.6. The van der Waals surface area contributed by atoms with Gasteiger partial charge in [-0.1, -0.05) is 41.4 Å². The van der Waals surface area contributed by atoms with Crippen molar-refractivity contribution in [1.29, 1.82) is 5.26 Å². The molecule has 0 spiro atoms. The lowest BCUT2D eigenvalue weighted by molar-refractivity contribution is 0.931. The topological polar surface area (TPSA) is 90.9 Å². The normalized spacial score (nSPS) is 14.3. The van der Waals surface area contributed by atoms with Gasteiger partial charge in [-0.25, -0.2) is 9.97 Å². The van der Waals surface area contributed by atoms with Crippen molar-refractivity contribution in [2.75, 3.05) is 29.0 Å². The molecule has 0 aliphatic carbocycles. The predicted molar refractivity (Wildman–Crippen MR) is 126 cm³/mol. The molecule has 0 bridgehead atoms. The highest BCUT2D eigenvalue weighted by molar-refractivity contribution is 6.32. The Morgan fingerprint density at radius 1 is 1.13 bits per heavy atom. The van der Waals surface area contributed by atoms with E-state index < -0.39 is 5.92 Å². The van der Waals surface area contributed by atoms with Crippen molar-refractivity contribution in [3.63, 3.8) is 0 Å². The van der Waals surface area contributed by atoms with Crippen LogP contribution in [0.3, 0.4) is 0 Å². The molecule has 3 N–H and O–H groups in total. The van der Waals surface area contributed by atoms with E-state index in [-0.39, 0.29) is 0 Å². The molecule has 0 amide bonds. The molecule has 1 fully saturated rings. The van der Waals surface area contributed by atoms with Crippen LogP contribution < -0.4 is 16.0 Å². The molecule has 1 aliphatic heterocycles. The molecule has 158 valence electrons. The lowest BCUT2D eigenvalue weighted by Crippen LogP contribution is -2.21. The highest BCUT2D eigenvalue weighted by atomic mass is 35.5. The summed E-state index contributed by atoms with van der Waals surface area (Å²) in [6, 6.07) is 13.3. The monoisotopic (exact) mass is 452 g/mol. The SMILES string of the molecule is Cc1cc(C(C#N)c2ccc(Cl)cc2)c(Cl)cc1Nc1ncnc(N2CCCC2)c1N. The molecular formula is C23H22Cl2N6. The Bertz CT molecular complexity index is 1130. The number of nitriles is 1. The fourth-order valence-electron chi connectivity index (χ4n) is 3.83. The Morgan fingerprint density at radius 2 is 1.84 bits per heavy atom. The first-order valence-electron chi connectivity index (χ1n) is 10.1. The third-order valence-corrected chi connectivity index (χ3v) is 6.09. The molecule has 0 saturated carbocycles. The van der Waals surface area contributed by atoms with Crippen molar-refractivity contribution in [3.05, 3.63) is 69.5 Å². The summed E-state index contributed by atoms with van der Waals surface area (Å²) in [4.78, 5) is 10.9. The minimum absolute atomic E-state index is 0.488. The number of nitrogens with zero attached hydrogens (tertiary/aromatic N) is 4. The van der Waals surface area contributed by atoms with Gasteiger partial charge in [0, 0.05) is 28.8 Å². The minimum Gasteiger partial charge on any atom is -0.393 e. The number of nitrogens with one attached hydrogen (secondary N) is 1. The van der Waals surface area contributed by atoms with Gasteiger partial charge in [0.15, 0.2) is 11.6 Å². The van der Waals surface area contributed by atoms with Crippen LogP contribution in [0.4, 0.5) is 23.0 Å². The smallest absolute Gasteiger partial charge is 0.159 e. The van der Waals surface area contributed by atoms with E-state index in [1.807, 2.05) is 31.2 Å². The van der Waals surface area contributed by atoms with Crippen molar-refractivity contribution >= 4 is 46.2 Å².